The summed E-state index contributed by atoms with van der Waals surface area (Å²) in [5.74, 6) is 0.755. The molecular formula is C10H11IO2. The molecule has 1 atom stereocenters. The van der Waals surface area contributed by atoms with Crippen LogP contribution in [-0.2, 0) is 4.79 Å². The molecule has 0 radical (unpaired) electrons. The Morgan fingerprint density at radius 2 is 2.38 bits per heavy atom. The SMILES string of the molecule is CCC(C=O)Oc1cccc(I)c1. The highest BCUT2D eigenvalue weighted by molar-refractivity contribution is 14.1. The summed E-state index contributed by atoms with van der Waals surface area (Å²) in [6, 6.07) is 7.66. The number of halogens is 1. The maximum atomic E-state index is 10.5. The summed E-state index contributed by atoms with van der Waals surface area (Å²) in [4.78, 5) is 10.5. The molecule has 1 unspecified atom stereocenters. The number of rotatable bonds is 4. The first-order valence-corrected chi connectivity index (χ1v) is 5.21. The highest BCUT2D eigenvalue weighted by Gasteiger charge is 2.05. The van der Waals surface area contributed by atoms with Crippen LogP contribution in [0.4, 0.5) is 0 Å². The van der Waals surface area contributed by atoms with Gasteiger partial charge in [0.15, 0.2) is 12.4 Å². The number of ether oxygens (including phenoxy) is 1. The van der Waals surface area contributed by atoms with E-state index in [4.69, 9.17) is 4.74 Å². The van der Waals surface area contributed by atoms with Crippen LogP contribution in [0.25, 0.3) is 0 Å². The summed E-state index contributed by atoms with van der Waals surface area (Å²) in [6.45, 7) is 1.92. The molecule has 2 nitrogen and oxygen atoms in total. The van der Waals surface area contributed by atoms with E-state index < -0.39 is 0 Å². The van der Waals surface area contributed by atoms with Crippen molar-refractivity contribution >= 4 is 28.9 Å². The van der Waals surface area contributed by atoms with Gasteiger partial charge in [-0.2, -0.15) is 0 Å². The van der Waals surface area contributed by atoms with Gasteiger partial charge in [0, 0.05) is 3.57 Å². The van der Waals surface area contributed by atoms with Crippen LogP contribution in [0.15, 0.2) is 24.3 Å². The van der Waals surface area contributed by atoms with Crippen LogP contribution in [0, 0.1) is 3.57 Å². The van der Waals surface area contributed by atoms with Gasteiger partial charge < -0.3 is 4.74 Å². The Bertz CT molecular complexity index is 286. The lowest BCUT2D eigenvalue weighted by Crippen LogP contribution is -2.16. The number of aldehydes is 1. The highest BCUT2D eigenvalue weighted by Crippen LogP contribution is 2.16. The zero-order chi connectivity index (χ0) is 9.68. The molecule has 3 heteroatoms. The fraction of sp³-hybridized carbons (Fsp3) is 0.300. The molecule has 0 saturated heterocycles. The fourth-order valence-electron chi connectivity index (χ4n) is 0.922. The van der Waals surface area contributed by atoms with Gasteiger partial charge in [0.25, 0.3) is 0 Å². The molecule has 0 N–H and O–H groups in total. The van der Waals surface area contributed by atoms with Gasteiger partial charge in [0.2, 0.25) is 0 Å². The molecule has 0 aliphatic rings. The Kier molecular flexibility index (Phi) is 4.21. The number of hydrogen-bond donors (Lipinski definition) is 0. The number of carbonyl (C=O) groups is 1. The Morgan fingerprint density at radius 1 is 1.62 bits per heavy atom. The van der Waals surface area contributed by atoms with Crippen LogP contribution < -0.4 is 4.74 Å². The summed E-state index contributed by atoms with van der Waals surface area (Å²) in [6.07, 6.45) is 1.22. The van der Waals surface area contributed by atoms with E-state index in [0.29, 0.717) is 6.42 Å². The molecule has 1 aromatic carbocycles. The average Bonchev–Trinajstić information content (AvgIpc) is 2.14. The van der Waals surface area contributed by atoms with Crippen LogP contribution in [0.3, 0.4) is 0 Å². The quantitative estimate of drug-likeness (QED) is 0.629. The molecule has 13 heavy (non-hydrogen) atoms. The summed E-state index contributed by atoms with van der Waals surface area (Å²) in [7, 11) is 0. The molecule has 0 bridgehead atoms. The van der Waals surface area contributed by atoms with Crippen molar-refractivity contribution < 1.29 is 9.53 Å². The predicted octanol–water partition coefficient (Wildman–Crippen LogP) is 2.65. The van der Waals surface area contributed by atoms with Crippen molar-refractivity contribution in [1.82, 2.24) is 0 Å². The Balaban J connectivity index is 2.67. The second-order valence-corrected chi connectivity index (χ2v) is 3.90. The zero-order valence-corrected chi connectivity index (χ0v) is 9.52. The number of benzene rings is 1. The van der Waals surface area contributed by atoms with Crippen molar-refractivity contribution in [2.24, 2.45) is 0 Å². The lowest BCUT2D eigenvalue weighted by molar-refractivity contribution is -0.113. The smallest absolute Gasteiger partial charge is 0.160 e. The van der Waals surface area contributed by atoms with E-state index in [9.17, 15) is 4.79 Å². The number of hydrogen-bond acceptors (Lipinski definition) is 2. The average molecular weight is 290 g/mol. The lowest BCUT2D eigenvalue weighted by Gasteiger charge is -2.10. The molecule has 1 rings (SSSR count). The molecule has 0 amide bonds. The summed E-state index contributed by atoms with van der Waals surface area (Å²) < 4.78 is 6.53. The first-order valence-electron chi connectivity index (χ1n) is 4.13. The summed E-state index contributed by atoms with van der Waals surface area (Å²) >= 11 is 2.21. The topological polar surface area (TPSA) is 26.3 Å². The molecule has 0 heterocycles. The van der Waals surface area contributed by atoms with Crippen molar-refractivity contribution in [2.45, 2.75) is 19.4 Å². The molecule has 0 spiro atoms. The molecule has 0 aliphatic heterocycles. The van der Waals surface area contributed by atoms with Gasteiger partial charge in [0.1, 0.15) is 5.75 Å². The Morgan fingerprint density at radius 3 is 2.92 bits per heavy atom. The van der Waals surface area contributed by atoms with E-state index in [1.54, 1.807) is 0 Å². The van der Waals surface area contributed by atoms with Gasteiger partial charge in [-0.1, -0.05) is 13.0 Å². The van der Waals surface area contributed by atoms with Crippen LogP contribution in [0.5, 0.6) is 5.75 Å². The Labute approximate surface area is 91.4 Å². The van der Waals surface area contributed by atoms with Crippen molar-refractivity contribution in [3.63, 3.8) is 0 Å². The molecule has 0 aliphatic carbocycles. The van der Waals surface area contributed by atoms with Gasteiger partial charge in [-0.3, -0.25) is 4.79 Å². The van der Waals surface area contributed by atoms with E-state index in [0.717, 1.165) is 15.6 Å². The lowest BCUT2D eigenvalue weighted by atomic mass is 10.3. The molecule has 0 fully saturated rings. The van der Waals surface area contributed by atoms with E-state index in [1.807, 2.05) is 31.2 Å². The van der Waals surface area contributed by atoms with Crippen molar-refractivity contribution in [1.29, 1.82) is 0 Å². The normalized spacial score (nSPS) is 12.2. The third kappa shape index (κ3) is 3.34. The van der Waals surface area contributed by atoms with Crippen molar-refractivity contribution in [3.8, 4) is 5.75 Å². The molecule has 70 valence electrons. The standard InChI is InChI=1S/C10H11IO2/c1-2-9(7-12)13-10-5-3-4-8(11)6-10/h3-7,9H,2H2,1H3. The Hall–Kier alpha value is -0.580. The van der Waals surface area contributed by atoms with Gasteiger partial charge in [-0.25, -0.2) is 0 Å². The summed E-state index contributed by atoms with van der Waals surface area (Å²) in [5.41, 5.74) is 0. The van der Waals surface area contributed by atoms with Gasteiger partial charge in [-0.15, -0.1) is 0 Å². The van der Waals surface area contributed by atoms with E-state index >= 15 is 0 Å². The minimum absolute atomic E-state index is 0.321. The van der Waals surface area contributed by atoms with E-state index in [-0.39, 0.29) is 6.10 Å². The third-order valence-corrected chi connectivity index (χ3v) is 2.31. The van der Waals surface area contributed by atoms with Crippen LogP contribution in [0.1, 0.15) is 13.3 Å². The minimum atomic E-state index is -0.321. The van der Waals surface area contributed by atoms with E-state index in [2.05, 4.69) is 22.6 Å². The maximum absolute atomic E-state index is 10.5. The fourth-order valence-corrected chi connectivity index (χ4v) is 1.44. The molecule has 0 aromatic heterocycles. The first kappa shape index (κ1) is 10.5. The summed E-state index contributed by atoms with van der Waals surface area (Å²) in [5, 5.41) is 0. The first-order chi connectivity index (χ1) is 6.26. The van der Waals surface area contributed by atoms with Gasteiger partial charge in [-0.05, 0) is 47.2 Å². The maximum Gasteiger partial charge on any atom is 0.160 e. The highest BCUT2D eigenvalue weighted by atomic mass is 127. The monoisotopic (exact) mass is 290 g/mol. The largest absolute Gasteiger partial charge is 0.483 e. The van der Waals surface area contributed by atoms with Gasteiger partial charge >= 0.3 is 0 Å². The third-order valence-electron chi connectivity index (χ3n) is 1.64. The van der Waals surface area contributed by atoms with Crippen molar-refractivity contribution in [2.75, 3.05) is 0 Å². The van der Waals surface area contributed by atoms with Gasteiger partial charge in [0.05, 0.1) is 0 Å². The van der Waals surface area contributed by atoms with Crippen LogP contribution >= 0.6 is 22.6 Å². The molecule has 1 aromatic rings. The molecule has 0 saturated carbocycles. The van der Waals surface area contributed by atoms with Crippen LogP contribution in [0.2, 0.25) is 0 Å². The van der Waals surface area contributed by atoms with E-state index in [1.165, 1.54) is 0 Å². The van der Waals surface area contributed by atoms with Crippen molar-refractivity contribution in [3.05, 3.63) is 27.8 Å². The predicted molar refractivity (Wildman–Crippen MR) is 59.9 cm³/mol. The second kappa shape index (κ2) is 5.21. The molecular weight excluding hydrogens is 279 g/mol. The minimum Gasteiger partial charge on any atom is -0.483 e. The van der Waals surface area contributed by atoms with Crippen LogP contribution in [-0.4, -0.2) is 12.4 Å². The zero-order valence-electron chi connectivity index (χ0n) is 7.37. The second-order valence-electron chi connectivity index (χ2n) is 2.66. The number of carbonyl (C=O) groups excluding carboxylic acids is 1.